The molecular weight excluding hydrogens is 378 g/mol. The van der Waals surface area contributed by atoms with E-state index in [0.29, 0.717) is 17.5 Å². The molecule has 2 bridgehead atoms. The Bertz CT molecular complexity index is 856. The third-order valence-electron chi connectivity index (χ3n) is 5.62. The number of hydrogen-bond donors (Lipinski definition) is 2. The summed E-state index contributed by atoms with van der Waals surface area (Å²) in [5.41, 5.74) is 5.84. The normalized spacial score (nSPS) is 26.7. The van der Waals surface area contributed by atoms with Crippen molar-refractivity contribution in [2.45, 2.75) is 41.0 Å². The minimum atomic E-state index is -0.435. The maximum atomic E-state index is 12.8. The molecule has 3 aliphatic heterocycles. The van der Waals surface area contributed by atoms with Crippen LogP contribution in [0.4, 0.5) is 0 Å². The number of hydrogen-bond acceptors (Lipinski definition) is 5. The van der Waals surface area contributed by atoms with Crippen LogP contribution in [0.3, 0.4) is 0 Å². The van der Waals surface area contributed by atoms with Crippen molar-refractivity contribution in [3.8, 4) is 0 Å². The topological polar surface area (TPSA) is 75.4 Å². The minimum absolute atomic E-state index is 0.0170. The molecule has 5 nitrogen and oxygen atoms in total. The van der Waals surface area contributed by atoms with Gasteiger partial charge in [0.2, 0.25) is 5.91 Å². The number of nitrogens with zero attached hydrogens (tertiary/aromatic N) is 1. The highest BCUT2D eigenvalue weighted by molar-refractivity contribution is 8.01. The van der Waals surface area contributed by atoms with Crippen molar-refractivity contribution in [1.82, 2.24) is 10.2 Å². The Balaban J connectivity index is 1.42. The van der Waals surface area contributed by atoms with E-state index >= 15 is 0 Å². The summed E-state index contributed by atoms with van der Waals surface area (Å²) in [6.07, 6.45) is 2.36. The van der Waals surface area contributed by atoms with Gasteiger partial charge >= 0.3 is 0 Å². The number of piperidine rings is 3. The minimum Gasteiger partial charge on any atom is -0.366 e. The quantitative estimate of drug-likeness (QED) is 0.807. The van der Waals surface area contributed by atoms with Crippen LogP contribution < -0.4 is 11.1 Å². The molecule has 0 radical (unpaired) electrons. The summed E-state index contributed by atoms with van der Waals surface area (Å²) in [4.78, 5) is 28.2. The van der Waals surface area contributed by atoms with Gasteiger partial charge in [-0.1, -0.05) is 17.8 Å². The second kappa shape index (κ2) is 7.66. The summed E-state index contributed by atoms with van der Waals surface area (Å²) in [6, 6.07) is 11.7. The lowest BCUT2D eigenvalue weighted by Gasteiger charge is -2.49. The molecule has 1 aromatic carbocycles. The monoisotopic (exact) mass is 401 g/mol. The molecule has 2 atom stereocenters. The van der Waals surface area contributed by atoms with E-state index in [1.54, 1.807) is 12.1 Å². The first-order valence-electron chi connectivity index (χ1n) is 9.24. The molecule has 0 saturated carbocycles. The molecule has 0 aliphatic carbocycles. The van der Waals surface area contributed by atoms with E-state index in [-0.39, 0.29) is 11.9 Å². The first-order chi connectivity index (χ1) is 13.0. The number of nitrogens with one attached hydrogen (secondary N) is 1. The lowest BCUT2D eigenvalue weighted by atomic mass is 9.79. The summed E-state index contributed by atoms with van der Waals surface area (Å²) in [5, 5.41) is 3.28. The smallest absolute Gasteiger partial charge is 0.261 e. The van der Waals surface area contributed by atoms with E-state index in [4.69, 9.17) is 5.73 Å². The molecule has 1 aromatic heterocycles. The second-order valence-electron chi connectivity index (χ2n) is 7.23. The van der Waals surface area contributed by atoms with E-state index in [1.165, 1.54) is 35.9 Å². The van der Waals surface area contributed by atoms with Gasteiger partial charge in [-0.2, -0.15) is 0 Å². The molecule has 3 N–H and O–H groups in total. The first-order valence-corrected chi connectivity index (χ1v) is 10.9. The van der Waals surface area contributed by atoms with Crippen LogP contribution in [0, 0.1) is 5.92 Å². The number of carbonyl (C=O) groups excluding carboxylic acids is 2. The fourth-order valence-corrected chi connectivity index (χ4v) is 6.16. The molecule has 3 saturated heterocycles. The van der Waals surface area contributed by atoms with E-state index in [1.807, 2.05) is 24.3 Å². The number of benzene rings is 1. The van der Waals surface area contributed by atoms with Gasteiger partial charge in [-0.15, -0.1) is 11.3 Å². The van der Waals surface area contributed by atoms with Crippen LogP contribution in [-0.4, -0.2) is 41.9 Å². The van der Waals surface area contributed by atoms with Crippen LogP contribution in [-0.2, 0) is 0 Å². The molecule has 2 aromatic rings. The molecule has 2 amide bonds. The molecule has 5 rings (SSSR count). The van der Waals surface area contributed by atoms with Crippen LogP contribution in [0.25, 0.3) is 0 Å². The fraction of sp³-hybridized carbons (Fsp3) is 0.400. The van der Waals surface area contributed by atoms with Gasteiger partial charge in [-0.3, -0.25) is 14.5 Å². The molecular formula is C20H23N3O2S2. The number of carbonyl (C=O) groups is 2. The summed E-state index contributed by atoms with van der Waals surface area (Å²) >= 11 is 3.02. The van der Waals surface area contributed by atoms with Gasteiger partial charge in [-0.05, 0) is 69.1 Å². The number of nitrogens with two attached hydrogens (primary N) is 1. The van der Waals surface area contributed by atoms with Gasteiger partial charge in [0.15, 0.2) is 0 Å². The highest BCUT2D eigenvalue weighted by atomic mass is 32.2. The number of primary amides is 1. The summed E-state index contributed by atoms with van der Waals surface area (Å²) < 4.78 is 1.02. The van der Waals surface area contributed by atoms with E-state index in [0.717, 1.165) is 27.1 Å². The third-order valence-corrected chi connectivity index (χ3v) is 7.82. The number of fused-ring (bicyclic) bond motifs is 3. The Morgan fingerprint density at radius 1 is 1.22 bits per heavy atom. The Hall–Kier alpha value is -1.83. The third kappa shape index (κ3) is 3.90. The van der Waals surface area contributed by atoms with Crippen molar-refractivity contribution in [3.05, 3.63) is 46.8 Å². The number of thiophene rings is 1. The van der Waals surface area contributed by atoms with E-state index < -0.39 is 5.91 Å². The van der Waals surface area contributed by atoms with Gasteiger partial charge in [0.05, 0.1) is 9.09 Å². The lowest BCUT2D eigenvalue weighted by Crippen LogP contribution is -2.62. The van der Waals surface area contributed by atoms with Crippen molar-refractivity contribution in [3.63, 3.8) is 0 Å². The van der Waals surface area contributed by atoms with Crippen molar-refractivity contribution in [2.24, 2.45) is 11.7 Å². The van der Waals surface area contributed by atoms with Crippen LogP contribution >= 0.6 is 23.1 Å². The number of rotatable bonds is 5. The van der Waals surface area contributed by atoms with Crippen LogP contribution in [0.5, 0.6) is 0 Å². The summed E-state index contributed by atoms with van der Waals surface area (Å²) in [6.45, 7) is 4.53. The van der Waals surface area contributed by atoms with Crippen molar-refractivity contribution >= 4 is 34.9 Å². The lowest BCUT2D eigenvalue weighted by molar-refractivity contribution is 0.0218. The van der Waals surface area contributed by atoms with Gasteiger partial charge in [0, 0.05) is 22.5 Å². The van der Waals surface area contributed by atoms with Gasteiger partial charge in [0.1, 0.15) is 0 Å². The predicted molar refractivity (Wildman–Crippen MR) is 108 cm³/mol. The molecule has 7 heteroatoms. The van der Waals surface area contributed by atoms with E-state index in [9.17, 15) is 9.59 Å². The average Bonchev–Trinajstić information content (AvgIpc) is 3.14. The second-order valence-corrected chi connectivity index (χ2v) is 9.68. The standard InChI is InChI=1S/C20H23N3O2S2/c1-12-18(13-7-9-23(12)10-8-13)22-20(25)16-5-6-17(27-16)26-15-4-2-3-14(11-15)19(21)24/h2-6,11-13,18H,7-10H2,1H3,(H2,21,24)(H,22,25). The zero-order valence-corrected chi connectivity index (χ0v) is 16.8. The molecule has 27 heavy (non-hydrogen) atoms. The fourth-order valence-electron chi connectivity index (χ4n) is 4.09. The Morgan fingerprint density at radius 2 is 2.00 bits per heavy atom. The Labute approximate surface area is 167 Å². The highest BCUT2D eigenvalue weighted by Crippen LogP contribution is 2.35. The maximum Gasteiger partial charge on any atom is 0.261 e. The summed E-state index contributed by atoms with van der Waals surface area (Å²) in [7, 11) is 0. The Morgan fingerprint density at radius 3 is 2.70 bits per heavy atom. The first kappa shape index (κ1) is 18.5. The van der Waals surface area contributed by atoms with E-state index in [2.05, 4.69) is 17.1 Å². The van der Waals surface area contributed by atoms with Gasteiger partial charge in [-0.25, -0.2) is 0 Å². The average molecular weight is 402 g/mol. The molecule has 3 aliphatic rings. The molecule has 142 valence electrons. The summed E-state index contributed by atoms with van der Waals surface area (Å²) in [5.74, 6) is 0.179. The van der Waals surface area contributed by atoms with Crippen LogP contribution in [0.2, 0.25) is 0 Å². The molecule has 4 heterocycles. The largest absolute Gasteiger partial charge is 0.366 e. The van der Waals surface area contributed by atoms with Gasteiger partial charge in [0.25, 0.3) is 5.91 Å². The van der Waals surface area contributed by atoms with Crippen LogP contribution in [0.1, 0.15) is 39.8 Å². The zero-order chi connectivity index (χ0) is 19.0. The number of amides is 2. The SMILES string of the molecule is CC1C(NC(=O)c2ccc(Sc3cccc(C(N)=O)c3)s2)C2CCN1CC2. The molecule has 3 fully saturated rings. The van der Waals surface area contributed by atoms with Crippen molar-refractivity contribution in [1.29, 1.82) is 0 Å². The maximum absolute atomic E-state index is 12.8. The van der Waals surface area contributed by atoms with Gasteiger partial charge < -0.3 is 11.1 Å². The molecule has 2 unspecified atom stereocenters. The zero-order valence-electron chi connectivity index (χ0n) is 15.2. The van der Waals surface area contributed by atoms with Crippen LogP contribution in [0.15, 0.2) is 45.5 Å². The molecule has 0 spiro atoms. The highest BCUT2D eigenvalue weighted by Gasteiger charge is 2.40. The van der Waals surface area contributed by atoms with Crippen molar-refractivity contribution in [2.75, 3.05) is 13.1 Å². The predicted octanol–water partition coefficient (Wildman–Crippen LogP) is 3.21. The van der Waals surface area contributed by atoms with Crippen molar-refractivity contribution < 1.29 is 9.59 Å². The Kier molecular flexibility index (Phi) is 5.25.